The Labute approximate surface area is 201 Å². The van der Waals surface area contributed by atoms with Crippen molar-refractivity contribution >= 4 is 34.5 Å². The Morgan fingerprint density at radius 3 is 2.59 bits per heavy atom. The van der Waals surface area contributed by atoms with E-state index in [-0.39, 0.29) is 18.4 Å². The van der Waals surface area contributed by atoms with E-state index in [9.17, 15) is 9.59 Å². The van der Waals surface area contributed by atoms with E-state index in [1.807, 2.05) is 85.1 Å². The van der Waals surface area contributed by atoms with Crippen LogP contribution in [0.2, 0.25) is 0 Å². The van der Waals surface area contributed by atoms with Gasteiger partial charge in [0, 0.05) is 22.2 Å². The van der Waals surface area contributed by atoms with E-state index >= 15 is 0 Å². The molecular formula is C27H23N3O3S. The van der Waals surface area contributed by atoms with Crippen LogP contribution in [0.3, 0.4) is 0 Å². The Bertz CT molecular complexity index is 1350. The number of anilines is 2. The molecular weight excluding hydrogens is 446 g/mol. The predicted molar refractivity (Wildman–Crippen MR) is 135 cm³/mol. The summed E-state index contributed by atoms with van der Waals surface area (Å²) in [6, 6.07) is 22.5. The summed E-state index contributed by atoms with van der Waals surface area (Å²) in [6.45, 7) is 3.60. The van der Waals surface area contributed by atoms with Crippen LogP contribution in [0.4, 0.5) is 11.4 Å². The minimum Gasteiger partial charge on any atom is -0.482 e. The monoisotopic (exact) mass is 469 g/mol. The highest BCUT2D eigenvalue weighted by atomic mass is 32.1. The molecule has 2 amide bonds. The lowest BCUT2D eigenvalue weighted by Crippen LogP contribution is -2.49. The molecule has 1 aromatic heterocycles. The van der Waals surface area contributed by atoms with Gasteiger partial charge in [-0.2, -0.15) is 0 Å². The molecule has 6 nitrogen and oxygen atoms in total. The first-order valence-electron chi connectivity index (χ1n) is 11.0. The maximum atomic E-state index is 13.0. The third-order valence-corrected chi connectivity index (χ3v) is 6.64. The molecule has 1 atom stereocenters. The first kappa shape index (κ1) is 21.9. The Hall–Kier alpha value is -3.97. The van der Waals surface area contributed by atoms with Crippen molar-refractivity contribution in [3.63, 3.8) is 0 Å². The van der Waals surface area contributed by atoms with Crippen molar-refractivity contribution in [2.45, 2.75) is 19.9 Å². The number of thiazole rings is 1. The van der Waals surface area contributed by atoms with E-state index in [1.165, 1.54) is 4.90 Å². The molecule has 0 saturated heterocycles. The number of nitrogens with one attached hydrogen (secondary N) is 1. The molecule has 7 heteroatoms. The average molecular weight is 470 g/mol. The molecule has 2 heterocycles. The molecule has 1 aliphatic heterocycles. The highest BCUT2D eigenvalue weighted by Gasteiger charge is 2.33. The van der Waals surface area contributed by atoms with Crippen LogP contribution < -0.4 is 15.0 Å². The van der Waals surface area contributed by atoms with Crippen LogP contribution in [0.15, 0.2) is 78.2 Å². The molecule has 3 aromatic carbocycles. The smallest absolute Gasteiger partial charge is 0.265 e. The lowest BCUT2D eigenvalue weighted by atomic mass is 10.1. The lowest BCUT2D eigenvalue weighted by molar-refractivity contribution is -0.125. The zero-order valence-corrected chi connectivity index (χ0v) is 19.6. The summed E-state index contributed by atoms with van der Waals surface area (Å²) < 4.78 is 5.65. The van der Waals surface area contributed by atoms with Gasteiger partial charge < -0.3 is 10.1 Å². The van der Waals surface area contributed by atoms with Gasteiger partial charge in [0.15, 0.2) is 6.61 Å². The van der Waals surface area contributed by atoms with Gasteiger partial charge in [-0.25, -0.2) is 4.98 Å². The van der Waals surface area contributed by atoms with Crippen LogP contribution in [0, 0.1) is 6.92 Å². The molecule has 0 bridgehead atoms. The van der Waals surface area contributed by atoms with Gasteiger partial charge in [0.1, 0.15) is 16.8 Å². The van der Waals surface area contributed by atoms with Crippen molar-refractivity contribution in [3.05, 3.63) is 83.7 Å². The fourth-order valence-electron chi connectivity index (χ4n) is 3.88. The fraction of sp³-hybridized carbons (Fsp3) is 0.148. The largest absolute Gasteiger partial charge is 0.482 e. The highest BCUT2D eigenvalue weighted by molar-refractivity contribution is 7.13. The molecule has 0 aliphatic carbocycles. The number of benzene rings is 3. The second kappa shape index (κ2) is 9.11. The van der Waals surface area contributed by atoms with Crippen LogP contribution in [-0.2, 0) is 9.59 Å². The number of hydrogen-bond donors (Lipinski definition) is 1. The Morgan fingerprint density at radius 1 is 1.06 bits per heavy atom. The molecule has 1 N–H and O–H groups in total. The minimum atomic E-state index is -0.720. The first-order chi connectivity index (χ1) is 16.5. The third kappa shape index (κ3) is 4.30. The zero-order chi connectivity index (χ0) is 23.7. The van der Waals surface area contributed by atoms with E-state index in [1.54, 1.807) is 18.3 Å². The second-order valence-electron chi connectivity index (χ2n) is 8.17. The number of aryl methyl sites for hydroxylation is 1. The number of hydrogen-bond acceptors (Lipinski definition) is 5. The standard InChI is InChI=1S/C27H23N3O3S/c1-17-8-11-21(12-9-17)28-26(32)18(2)30-23-14-20(10-13-24(23)33-15-25(30)31)22-16-34-27(29-22)19-6-4-3-5-7-19/h3-14,16,18H,15H2,1-2H3,(H,28,32). The van der Waals surface area contributed by atoms with E-state index in [0.29, 0.717) is 17.1 Å². The quantitative estimate of drug-likeness (QED) is 0.417. The van der Waals surface area contributed by atoms with Crippen molar-refractivity contribution in [1.29, 1.82) is 0 Å². The molecule has 0 fully saturated rings. The summed E-state index contributed by atoms with van der Waals surface area (Å²) in [5.41, 5.74) is 5.07. The number of carbonyl (C=O) groups is 2. The van der Waals surface area contributed by atoms with Crippen LogP contribution >= 0.6 is 11.3 Å². The van der Waals surface area contributed by atoms with Crippen LogP contribution in [0.5, 0.6) is 5.75 Å². The topological polar surface area (TPSA) is 71.5 Å². The van der Waals surface area contributed by atoms with Crippen LogP contribution in [0.25, 0.3) is 21.8 Å². The molecule has 34 heavy (non-hydrogen) atoms. The normalized spacial score (nSPS) is 13.7. The third-order valence-electron chi connectivity index (χ3n) is 5.74. The van der Waals surface area contributed by atoms with Gasteiger partial charge in [-0.1, -0.05) is 48.0 Å². The van der Waals surface area contributed by atoms with Crippen molar-refractivity contribution < 1.29 is 14.3 Å². The number of rotatable bonds is 5. The van der Waals surface area contributed by atoms with E-state index in [0.717, 1.165) is 27.4 Å². The molecule has 5 rings (SSSR count). The molecule has 0 saturated carbocycles. The van der Waals surface area contributed by atoms with E-state index in [2.05, 4.69) is 5.32 Å². The van der Waals surface area contributed by atoms with Crippen molar-refractivity contribution in [2.75, 3.05) is 16.8 Å². The summed E-state index contributed by atoms with van der Waals surface area (Å²) in [5, 5.41) is 5.81. The summed E-state index contributed by atoms with van der Waals surface area (Å²) >= 11 is 1.56. The Balaban J connectivity index is 1.44. The maximum absolute atomic E-state index is 13.0. The molecule has 170 valence electrons. The van der Waals surface area contributed by atoms with Gasteiger partial charge in [0.25, 0.3) is 5.91 Å². The Morgan fingerprint density at radius 2 is 1.82 bits per heavy atom. The lowest BCUT2D eigenvalue weighted by Gasteiger charge is -2.33. The summed E-state index contributed by atoms with van der Waals surface area (Å²) in [4.78, 5) is 32.1. The van der Waals surface area contributed by atoms with Crippen LogP contribution in [0.1, 0.15) is 12.5 Å². The molecule has 0 radical (unpaired) electrons. The molecule has 1 unspecified atom stereocenters. The van der Waals surface area contributed by atoms with E-state index < -0.39 is 6.04 Å². The number of nitrogens with zero attached hydrogens (tertiary/aromatic N) is 2. The summed E-state index contributed by atoms with van der Waals surface area (Å²) in [5.74, 6) is 0.0341. The van der Waals surface area contributed by atoms with Crippen LogP contribution in [-0.4, -0.2) is 29.4 Å². The number of aromatic nitrogens is 1. The average Bonchev–Trinajstić information content (AvgIpc) is 3.36. The second-order valence-corrected chi connectivity index (χ2v) is 9.03. The fourth-order valence-corrected chi connectivity index (χ4v) is 4.71. The van der Waals surface area contributed by atoms with Gasteiger partial charge in [-0.3, -0.25) is 14.5 Å². The van der Waals surface area contributed by atoms with Crippen molar-refractivity contribution in [2.24, 2.45) is 0 Å². The molecule has 0 spiro atoms. The number of carbonyl (C=O) groups excluding carboxylic acids is 2. The number of amides is 2. The van der Waals surface area contributed by atoms with Gasteiger partial charge >= 0.3 is 0 Å². The highest BCUT2D eigenvalue weighted by Crippen LogP contribution is 2.38. The number of ether oxygens (including phenoxy) is 1. The van der Waals surface area contributed by atoms with Gasteiger partial charge in [-0.05, 0) is 44.2 Å². The SMILES string of the molecule is Cc1ccc(NC(=O)C(C)N2C(=O)COc3ccc(-c4csc(-c5ccccc5)n4)cc32)cc1. The Kier molecular flexibility index (Phi) is 5.86. The molecule has 4 aromatic rings. The number of fused-ring (bicyclic) bond motifs is 1. The zero-order valence-electron chi connectivity index (χ0n) is 18.8. The van der Waals surface area contributed by atoms with Gasteiger partial charge in [-0.15, -0.1) is 11.3 Å². The van der Waals surface area contributed by atoms with Crippen molar-refractivity contribution in [3.8, 4) is 27.6 Å². The first-order valence-corrected chi connectivity index (χ1v) is 11.9. The van der Waals surface area contributed by atoms with Gasteiger partial charge in [0.05, 0.1) is 11.4 Å². The molecule has 1 aliphatic rings. The minimum absolute atomic E-state index is 0.108. The van der Waals surface area contributed by atoms with Crippen molar-refractivity contribution in [1.82, 2.24) is 4.98 Å². The summed E-state index contributed by atoms with van der Waals surface area (Å²) in [6.07, 6.45) is 0. The summed E-state index contributed by atoms with van der Waals surface area (Å²) in [7, 11) is 0. The van der Waals surface area contributed by atoms with E-state index in [4.69, 9.17) is 9.72 Å². The van der Waals surface area contributed by atoms with Gasteiger partial charge in [0.2, 0.25) is 5.91 Å². The maximum Gasteiger partial charge on any atom is 0.265 e. The predicted octanol–water partition coefficient (Wildman–Crippen LogP) is 5.54.